The molecule has 1 amide bonds. The molecule has 0 bridgehead atoms. The first-order chi connectivity index (χ1) is 10.8. The van der Waals surface area contributed by atoms with Gasteiger partial charge in [0.1, 0.15) is 11.4 Å². The molecule has 128 valence electrons. The average Bonchev–Trinajstić information content (AvgIpc) is 2.47. The van der Waals surface area contributed by atoms with Crippen molar-refractivity contribution < 1.29 is 18.7 Å². The van der Waals surface area contributed by atoms with Gasteiger partial charge < -0.3 is 14.4 Å². The van der Waals surface area contributed by atoms with Gasteiger partial charge in [0.25, 0.3) is 0 Å². The SMILES string of the molecule is CC(C)(C)OC(=O)N1CCCC(OCc2cccc(Br)c2F)C1. The second-order valence-corrected chi connectivity index (χ2v) is 7.57. The summed E-state index contributed by atoms with van der Waals surface area (Å²) in [6.07, 6.45) is 1.29. The number of piperidine rings is 1. The van der Waals surface area contributed by atoms with Crippen LogP contribution in [0.25, 0.3) is 0 Å². The topological polar surface area (TPSA) is 38.8 Å². The Morgan fingerprint density at radius 3 is 2.87 bits per heavy atom. The van der Waals surface area contributed by atoms with Gasteiger partial charge >= 0.3 is 6.09 Å². The molecule has 23 heavy (non-hydrogen) atoms. The molecule has 1 saturated heterocycles. The fourth-order valence-electron chi connectivity index (χ4n) is 2.43. The lowest BCUT2D eigenvalue weighted by Crippen LogP contribution is -2.45. The van der Waals surface area contributed by atoms with Crippen molar-refractivity contribution in [3.8, 4) is 0 Å². The highest BCUT2D eigenvalue weighted by molar-refractivity contribution is 9.10. The molecule has 1 fully saturated rings. The molecule has 0 spiro atoms. The highest BCUT2D eigenvalue weighted by Gasteiger charge is 2.28. The van der Waals surface area contributed by atoms with Crippen molar-refractivity contribution in [2.24, 2.45) is 0 Å². The number of amides is 1. The minimum atomic E-state index is -0.510. The Hall–Kier alpha value is -1.14. The second kappa shape index (κ2) is 7.62. The molecule has 1 aromatic carbocycles. The summed E-state index contributed by atoms with van der Waals surface area (Å²) >= 11 is 3.17. The van der Waals surface area contributed by atoms with Gasteiger partial charge in [-0.1, -0.05) is 12.1 Å². The van der Waals surface area contributed by atoms with E-state index in [1.54, 1.807) is 23.1 Å². The van der Waals surface area contributed by atoms with Crippen LogP contribution < -0.4 is 0 Å². The predicted octanol–water partition coefficient (Wildman–Crippen LogP) is 4.50. The molecule has 0 radical (unpaired) electrons. The maximum Gasteiger partial charge on any atom is 0.410 e. The maximum atomic E-state index is 13.9. The zero-order chi connectivity index (χ0) is 17.0. The molecular weight excluding hydrogens is 365 g/mol. The zero-order valence-electron chi connectivity index (χ0n) is 13.8. The summed E-state index contributed by atoms with van der Waals surface area (Å²) < 4.78 is 25.6. The average molecular weight is 388 g/mol. The van der Waals surface area contributed by atoms with Crippen LogP contribution in [0, 0.1) is 5.82 Å². The van der Waals surface area contributed by atoms with E-state index in [0.29, 0.717) is 23.1 Å². The lowest BCUT2D eigenvalue weighted by atomic mass is 10.1. The van der Waals surface area contributed by atoms with E-state index in [2.05, 4.69) is 15.9 Å². The van der Waals surface area contributed by atoms with Crippen molar-refractivity contribution in [2.45, 2.75) is 51.9 Å². The van der Waals surface area contributed by atoms with Gasteiger partial charge in [0.15, 0.2) is 0 Å². The van der Waals surface area contributed by atoms with Gasteiger partial charge in [-0.3, -0.25) is 0 Å². The number of carbonyl (C=O) groups excluding carboxylic acids is 1. The molecule has 0 aromatic heterocycles. The first-order valence-electron chi connectivity index (χ1n) is 7.78. The molecular formula is C17H23BrFNO3. The smallest absolute Gasteiger partial charge is 0.410 e. The standard InChI is InChI=1S/C17H23BrFNO3/c1-17(2,3)23-16(21)20-9-5-7-13(10-20)22-11-12-6-4-8-14(18)15(12)19/h4,6,8,13H,5,7,9-11H2,1-3H3. The summed E-state index contributed by atoms with van der Waals surface area (Å²) in [6, 6.07) is 5.14. The number of halogens is 2. The van der Waals surface area contributed by atoms with Gasteiger partial charge in [-0.05, 0) is 55.6 Å². The molecule has 6 heteroatoms. The van der Waals surface area contributed by atoms with Crippen molar-refractivity contribution in [2.75, 3.05) is 13.1 Å². The summed E-state index contributed by atoms with van der Waals surface area (Å²) in [7, 11) is 0. The van der Waals surface area contributed by atoms with E-state index in [4.69, 9.17) is 9.47 Å². The van der Waals surface area contributed by atoms with Crippen molar-refractivity contribution in [1.82, 2.24) is 4.90 Å². The normalized spacial score (nSPS) is 18.8. The number of rotatable bonds is 3. The van der Waals surface area contributed by atoms with E-state index in [9.17, 15) is 9.18 Å². The number of hydrogen-bond donors (Lipinski definition) is 0. The van der Waals surface area contributed by atoms with Crippen LogP contribution >= 0.6 is 15.9 Å². The van der Waals surface area contributed by atoms with E-state index in [1.807, 2.05) is 20.8 Å². The number of hydrogen-bond acceptors (Lipinski definition) is 3. The van der Waals surface area contributed by atoms with Crippen LogP contribution in [0.15, 0.2) is 22.7 Å². The molecule has 1 heterocycles. The van der Waals surface area contributed by atoms with Crippen LogP contribution in [0.3, 0.4) is 0 Å². The lowest BCUT2D eigenvalue weighted by molar-refractivity contribution is -0.0264. The molecule has 0 aliphatic carbocycles. The molecule has 1 unspecified atom stereocenters. The second-order valence-electron chi connectivity index (χ2n) is 6.71. The van der Waals surface area contributed by atoms with Crippen LogP contribution in [-0.4, -0.2) is 35.8 Å². The maximum absolute atomic E-state index is 13.9. The molecule has 2 rings (SSSR count). The van der Waals surface area contributed by atoms with E-state index < -0.39 is 5.60 Å². The van der Waals surface area contributed by atoms with Gasteiger partial charge in [0, 0.05) is 12.1 Å². The van der Waals surface area contributed by atoms with Gasteiger partial charge in [-0.25, -0.2) is 9.18 Å². The van der Waals surface area contributed by atoms with Gasteiger partial charge in [0.05, 0.1) is 23.7 Å². The van der Waals surface area contributed by atoms with Gasteiger partial charge in [-0.15, -0.1) is 0 Å². The first-order valence-corrected chi connectivity index (χ1v) is 8.58. The third-order valence-electron chi connectivity index (χ3n) is 3.54. The Bertz CT molecular complexity index is 559. The van der Waals surface area contributed by atoms with Crippen LogP contribution in [0.4, 0.5) is 9.18 Å². The Morgan fingerprint density at radius 2 is 2.17 bits per heavy atom. The summed E-state index contributed by atoms with van der Waals surface area (Å²) in [4.78, 5) is 13.8. The van der Waals surface area contributed by atoms with Crippen LogP contribution in [0.1, 0.15) is 39.2 Å². The Balaban J connectivity index is 1.89. The van der Waals surface area contributed by atoms with Crippen LogP contribution in [-0.2, 0) is 16.1 Å². The van der Waals surface area contributed by atoms with E-state index >= 15 is 0 Å². The minimum Gasteiger partial charge on any atom is -0.444 e. The van der Waals surface area contributed by atoms with Crippen molar-refractivity contribution in [1.29, 1.82) is 0 Å². The quantitative estimate of drug-likeness (QED) is 0.765. The number of likely N-dealkylation sites (tertiary alicyclic amines) is 1. The third kappa shape index (κ3) is 5.46. The summed E-state index contributed by atoms with van der Waals surface area (Å²) in [5.74, 6) is -0.299. The van der Waals surface area contributed by atoms with E-state index in [-0.39, 0.29) is 24.6 Å². The Kier molecular flexibility index (Phi) is 6.03. The molecule has 1 aromatic rings. The van der Waals surface area contributed by atoms with Crippen molar-refractivity contribution >= 4 is 22.0 Å². The number of ether oxygens (including phenoxy) is 2. The van der Waals surface area contributed by atoms with Crippen LogP contribution in [0.2, 0.25) is 0 Å². The predicted molar refractivity (Wildman–Crippen MR) is 89.7 cm³/mol. The number of carbonyl (C=O) groups is 1. The molecule has 0 N–H and O–H groups in total. The third-order valence-corrected chi connectivity index (χ3v) is 4.15. The zero-order valence-corrected chi connectivity index (χ0v) is 15.4. The van der Waals surface area contributed by atoms with E-state index in [0.717, 1.165) is 12.8 Å². The minimum absolute atomic E-state index is 0.102. The van der Waals surface area contributed by atoms with Crippen molar-refractivity contribution in [3.63, 3.8) is 0 Å². The van der Waals surface area contributed by atoms with Crippen molar-refractivity contribution in [3.05, 3.63) is 34.1 Å². The molecule has 4 nitrogen and oxygen atoms in total. The highest BCUT2D eigenvalue weighted by atomic mass is 79.9. The van der Waals surface area contributed by atoms with Gasteiger partial charge in [-0.2, -0.15) is 0 Å². The summed E-state index contributed by atoms with van der Waals surface area (Å²) in [5.41, 5.74) is -0.00148. The van der Waals surface area contributed by atoms with Gasteiger partial charge in [0.2, 0.25) is 0 Å². The lowest BCUT2D eigenvalue weighted by Gasteiger charge is -2.34. The number of benzene rings is 1. The van der Waals surface area contributed by atoms with Crippen LogP contribution in [0.5, 0.6) is 0 Å². The van der Waals surface area contributed by atoms with E-state index in [1.165, 1.54) is 0 Å². The summed E-state index contributed by atoms with van der Waals surface area (Å²) in [5, 5.41) is 0. The fraction of sp³-hybridized carbons (Fsp3) is 0.588. The Labute approximate surface area is 145 Å². The summed E-state index contributed by atoms with van der Waals surface area (Å²) in [6.45, 7) is 6.87. The monoisotopic (exact) mass is 387 g/mol. The largest absolute Gasteiger partial charge is 0.444 e. The molecule has 1 aliphatic heterocycles. The Morgan fingerprint density at radius 1 is 1.43 bits per heavy atom. The molecule has 0 saturated carbocycles. The number of nitrogens with zero attached hydrogens (tertiary/aromatic N) is 1. The fourth-order valence-corrected chi connectivity index (χ4v) is 2.84. The highest BCUT2D eigenvalue weighted by Crippen LogP contribution is 2.22. The molecule has 1 atom stereocenters. The molecule has 1 aliphatic rings. The first kappa shape index (κ1) is 18.2.